The molecular formula is C17H25N3O. The van der Waals surface area contributed by atoms with Crippen molar-refractivity contribution in [3.05, 3.63) is 47.2 Å². The van der Waals surface area contributed by atoms with E-state index in [0.29, 0.717) is 12.0 Å². The van der Waals surface area contributed by atoms with Gasteiger partial charge in [-0.2, -0.15) is 5.10 Å². The first-order valence-electron chi connectivity index (χ1n) is 7.39. The largest absolute Gasteiger partial charge is 0.481 e. The van der Waals surface area contributed by atoms with Gasteiger partial charge in [0.15, 0.2) is 0 Å². The minimum Gasteiger partial charge on any atom is -0.481 e. The lowest BCUT2D eigenvalue weighted by Gasteiger charge is -2.23. The number of nitrogens with one attached hydrogen (secondary N) is 1. The first kappa shape index (κ1) is 15.6. The lowest BCUT2D eigenvalue weighted by Crippen LogP contribution is -2.25. The van der Waals surface area contributed by atoms with E-state index in [1.165, 1.54) is 5.56 Å². The molecule has 2 aromatic rings. The molecule has 4 nitrogen and oxygen atoms in total. The quantitative estimate of drug-likeness (QED) is 0.886. The molecule has 4 heteroatoms. The Balaban J connectivity index is 2.17. The van der Waals surface area contributed by atoms with E-state index in [1.807, 2.05) is 14.0 Å². The smallest absolute Gasteiger partial charge is 0.216 e. The summed E-state index contributed by atoms with van der Waals surface area (Å²) in [5.41, 5.74) is 3.45. The molecule has 0 radical (unpaired) electrons. The highest BCUT2D eigenvalue weighted by Crippen LogP contribution is 2.25. The molecular weight excluding hydrogens is 262 g/mol. The minimum absolute atomic E-state index is 0.315. The summed E-state index contributed by atoms with van der Waals surface area (Å²) in [6, 6.07) is 10.9. The summed E-state index contributed by atoms with van der Waals surface area (Å²) < 4.78 is 7.25. The van der Waals surface area contributed by atoms with Gasteiger partial charge in [-0.25, -0.2) is 4.68 Å². The number of benzene rings is 1. The third kappa shape index (κ3) is 3.45. The molecule has 1 N–H and O–H groups in total. The molecule has 0 aliphatic heterocycles. The van der Waals surface area contributed by atoms with Crippen molar-refractivity contribution in [2.45, 2.75) is 33.4 Å². The zero-order valence-electron chi connectivity index (χ0n) is 13.6. The van der Waals surface area contributed by atoms with Gasteiger partial charge in [-0.1, -0.05) is 44.2 Å². The standard InChI is InChI=1S/C17H25N3O/c1-12(2)16(14-9-7-6-8-10-14)18-11-15-13(3)19-20(4)17(15)21-5/h6-10,12,16,18H,11H2,1-5H3. The molecule has 1 aromatic heterocycles. The van der Waals surface area contributed by atoms with Crippen LogP contribution in [0, 0.1) is 12.8 Å². The van der Waals surface area contributed by atoms with Gasteiger partial charge in [0, 0.05) is 19.6 Å². The topological polar surface area (TPSA) is 39.1 Å². The first-order valence-corrected chi connectivity index (χ1v) is 7.39. The van der Waals surface area contributed by atoms with Gasteiger partial charge in [0.05, 0.1) is 18.4 Å². The molecule has 2 rings (SSSR count). The monoisotopic (exact) mass is 287 g/mol. The van der Waals surface area contributed by atoms with E-state index in [2.05, 4.69) is 54.6 Å². The summed E-state index contributed by atoms with van der Waals surface area (Å²) in [6.07, 6.45) is 0. The first-order chi connectivity index (χ1) is 10.0. The highest BCUT2D eigenvalue weighted by Gasteiger charge is 2.18. The molecule has 0 amide bonds. The second-order valence-electron chi connectivity index (χ2n) is 5.71. The lowest BCUT2D eigenvalue weighted by molar-refractivity contribution is 0.361. The van der Waals surface area contributed by atoms with Crippen molar-refractivity contribution in [2.24, 2.45) is 13.0 Å². The van der Waals surface area contributed by atoms with Crippen LogP contribution in [0.15, 0.2) is 30.3 Å². The van der Waals surface area contributed by atoms with Crippen LogP contribution in [0.1, 0.15) is 36.7 Å². The summed E-state index contributed by atoms with van der Waals surface area (Å²) in [4.78, 5) is 0. The highest BCUT2D eigenvalue weighted by molar-refractivity contribution is 5.31. The molecule has 0 aliphatic rings. The summed E-state index contributed by atoms with van der Waals surface area (Å²) >= 11 is 0. The van der Waals surface area contributed by atoms with Crippen LogP contribution in [0.2, 0.25) is 0 Å². The Hall–Kier alpha value is -1.81. The van der Waals surface area contributed by atoms with Crippen molar-refractivity contribution in [3.8, 4) is 5.88 Å². The predicted molar refractivity (Wildman–Crippen MR) is 85.4 cm³/mol. The number of aryl methyl sites for hydroxylation is 2. The number of rotatable bonds is 6. The second kappa shape index (κ2) is 6.76. The van der Waals surface area contributed by atoms with Crippen LogP contribution in [0.25, 0.3) is 0 Å². The highest BCUT2D eigenvalue weighted by atomic mass is 16.5. The summed E-state index contributed by atoms with van der Waals surface area (Å²) in [7, 11) is 3.60. The van der Waals surface area contributed by atoms with Crippen molar-refractivity contribution in [2.75, 3.05) is 7.11 Å². The maximum absolute atomic E-state index is 5.46. The molecule has 0 fully saturated rings. The molecule has 0 saturated heterocycles. The average Bonchev–Trinajstić information content (AvgIpc) is 2.73. The van der Waals surface area contributed by atoms with Gasteiger partial charge in [0.25, 0.3) is 0 Å². The Bertz CT molecular complexity index is 575. The lowest BCUT2D eigenvalue weighted by atomic mass is 9.96. The van der Waals surface area contributed by atoms with Crippen LogP contribution >= 0.6 is 0 Å². The number of hydrogen-bond donors (Lipinski definition) is 1. The van der Waals surface area contributed by atoms with Crippen LogP contribution in [0.5, 0.6) is 5.88 Å². The molecule has 0 spiro atoms. The number of hydrogen-bond acceptors (Lipinski definition) is 3. The van der Waals surface area contributed by atoms with Crippen LogP contribution in [-0.4, -0.2) is 16.9 Å². The normalized spacial score (nSPS) is 12.7. The zero-order valence-corrected chi connectivity index (χ0v) is 13.6. The summed E-state index contributed by atoms with van der Waals surface area (Å²) in [6.45, 7) is 7.24. The van der Waals surface area contributed by atoms with Gasteiger partial charge in [0.1, 0.15) is 0 Å². The van der Waals surface area contributed by atoms with Crippen molar-refractivity contribution >= 4 is 0 Å². The van der Waals surface area contributed by atoms with Gasteiger partial charge in [-0.05, 0) is 18.4 Å². The molecule has 21 heavy (non-hydrogen) atoms. The number of nitrogens with zero attached hydrogens (tertiary/aromatic N) is 2. The third-order valence-electron chi connectivity index (χ3n) is 3.81. The molecule has 1 unspecified atom stereocenters. The predicted octanol–water partition coefficient (Wildman–Crippen LogP) is 3.22. The zero-order chi connectivity index (χ0) is 15.4. The maximum Gasteiger partial charge on any atom is 0.216 e. The molecule has 0 saturated carbocycles. The van der Waals surface area contributed by atoms with E-state index in [9.17, 15) is 0 Å². The van der Waals surface area contributed by atoms with E-state index in [1.54, 1.807) is 11.8 Å². The third-order valence-corrected chi connectivity index (χ3v) is 3.81. The molecule has 1 atom stereocenters. The van der Waals surface area contributed by atoms with E-state index >= 15 is 0 Å². The van der Waals surface area contributed by atoms with Gasteiger partial charge >= 0.3 is 0 Å². The maximum atomic E-state index is 5.46. The second-order valence-corrected chi connectivity index (χ2v) is 5.71. The van der Waals surface area contributed by atoms with E-state index in [4.69, 9.17) is 4.74 Å². The van der Waals surface area contributed by atoms with Crippen molar-refractivity contribution < 1.29 is 4.74 Å². The van der Waals surface area contributed by atoms with Gasteiger partial charge in [-0.15, -0.1) is 0 Å². The fraction of sp³-hybridized carbons (Fsp3) is 0.471. The Labute approximate surface area is 127 Å². The fourth-order valence-corrected chi connectivity index (χ4v) is 2.75. The Kier molecular flexibility index (Phi) is 5.02. The van der Waals surface area contributed by atoms with Crippen LogP contribution in [0.4, 0.5) is 0 Å². The molecule has 1 aromatic carbocycles. The molecule has 0 aliphatic carbocycles. The summed E-state index contributed by atoms with van der Waals surface area (Å²) in [5.74, 6) is 1.34. The SMILES string of the molecule is COc1c(CNC(c2ccccc2)C(C)C)c(C)nn1C. The number of ether oxygens (including phenoxy) is 1. The molecule has 1 heterocycles. The minimum atomic E-state index is 0.315. The van der Waals surface area contributed by atoms with Crippen LogP contribution in [-0.2, 0) is 13.6 Å². The van der Waals surface area contributed by atoms with Crippen LogP contribution < -0.4 is 10.1 Å². The van der Waals surface area contributed by atoms with Crippen molar-refractivity contribution in [3.63, 3.8) is 0 Å². The van der Waals surface area contributed by atoms with E-state index < -0.39 is 0 Å². The van der Waals surface area contributed by atoms with Crippen LogP contribution in [0.3, 0.4) is 0 Å². The van der Waals surface area contributed by atoms with Gasteiger partial charge in [-0.3, -0.25) is 0 Å². The van der Waals surface area contributed by atoms with Gasteiger partial charge < -0.3 is 10.1 Å². The van der Waals surface area contributed by atoms with Crippen molar-refractivity contribution in [1.29, 1.82) is 0 Å². The van der Waals surface area contributed by atoms with E-state index in [-0.39, 0.29) is 0 Å². The van der Waals surface area contributed by atoms with Gasteiger partial charge in [0.2, 0.25) is 5.88 Å². The average molecular weight is 287 g/mol. The summed E-state index contributed by atoms with van der Waals surface area (Å²) in [5, 5.41) is 8.08. The number of methoxy groups -OCH3 is 1. The number of aromatic nitrogens is 2. The van der Waals surface area contributed by atoms with Crippen molar-refractivity contribution in [1.82, 2.24) is 15.1 Å². The Morgan fingerprint density at radius 3 is 2.48 bits per heavy atom. The Morgan fingerprint density at radius 2 is 1.90 bits per heavy atom. The Morgan fingerprint density at radius 1 is 1.24 bits per heavy atom. The molecule has 0 bridgehead atoms. The van der Waals surface area contributed by atoms with E-state index in [0.717, 1.165) is 23.7 Å². The molecule has 114 valence electrons. The fourth-order valence-electron chi connectivity index (χ4n) is 2.75.